The van der Waals surface area contributed by atoms with Gasteiger partial charge in [-0.15, -0.1) is 0 Å². The molecule has 1 aromatic carbocycles. The zero-order chi connectivity index (χ0) is 19.6. The van der Waals surface area contributed by atoms with Crippen molar-refractivity contribution in [3.63, 3.8) is 0 Å². The van der Waals surface area contributed by atoms with E-state index in [4.69, 9.17) is 16.3 Å². The summed E-state index contributed by atoms with van der Waals surface area (Å²) in [5.74, 6) is -0.439. The van der Waals surface area contributed by atoms with E-state index < -0.39 is 5.97 Å². The molecule has 0 bridgehead atoms. The molecule has 27 heavy (non-hydrogen) atoms. The van der Waals surface area contributed by atoms with E-state index in [9.17, 15) is 9.59 Å². The van der Waals surface area contributed by atoms with Crippen molar-refractivity contribution >= 4 is 29.0 Å². The molecule has 0 aliphatic carbocycles. The van der Waals surface area contributed by atoms with Crippen LogP contribution in [-0.2, 0) is 4.74 Å². The molecule has 2 aromatic rings. The number of nitrogens with one attached hydrogen (secondary N) is 1. The van der Waals surface area contributed by atoms with Crippen LogP contribution in [0, 0.1) is 13.8 Å². The Labute approximate surface area is 164 Å². The Kier molecular flexibility index (Phi) is 5.87. The lowest BCUT2D eigenvalue weighted by molar-refractivity contribution is 0.0599. The van der Waals surface area contributed by atoms with Gasteiger partial charge in [-0.25, -0.2) is 4.79 Å². The Morgan fingerprint density at radius 3 is 2.44 bits per heavy atom. The average molecular weight is 390 g/mol. The molecule has 0 unspecified atom stereocenters. The van der Waals surface area contributed by atoms with Crippen molar-refractivity contribution in [3.05, 3.63) is 51.8 Å². The summed E-state index contributed by atoms with van der Waals surface area (Å²) in [4.78, 5) is 32.1. The van der Waals surface area contributed by atoms with Crippen molar-refractivity contribution in [1.82, 2.24) is 9.88 Å². The molecule has 1 aromatic heterocycles. The molecule has 1 aliphatic heterocycles. The molecule has 0 saturated carbocycles. The first-order valence-corrected chi connectivity index (χ1v) is 9.32. The molecular formula is C20H24ClN3O3. The Morgan fingerprint density at radius 1 is 1.15 bits per heavy atom. The summed E-state index contributed by atoms with van der Waals surface area (Å²) in [5, 5.41) is 0.745. The number of carbonyl (C=O) groups is 2. The topological polar surface area (TPSA) is 65.6 Å². The summed E-state index contributed by atoms with van der Waals surface area (Å²) in [6.45, 7) is 7.05. The van der Waals surface area contributed by atoms with E-state index in [0.717, 1.165) is 36.9 Å². The maximum absolute atomic E-state index is 12.8. The predicted octanol–water partition coefficient (Wildman–Crippen LogP) is 3.08. The number of H-pyrrole nitrogens is 1. The standard InChI is InChI=1S/C20H24ClN3O3/c1-13-18(20(26)27-3)14(2)22-19(13)17(25)12-23-8-10-24(11-9-23)16-7-5-4-6-15(16)21/h4-7,22H,8-12H2,1-3H3. The van der Waals surface area contributed by atoms with E-state index in [1.54, 1.807) is 13.8 Å². The number of nitrogens with zero attached hydrogens (tertiary/aromatic N) is 2. The highest BCUT2D eigenvalue weighted by molar-refractivity contribution is 6.33. The van der Waals surface area contributed by atoms with E-state index in [2.05, 4.69) is 14.8 Å². The number of hydrogen-bond donors (Lipinski definition) is 1. The van der Waals surface area contributed by atoms with Crippen LogP contribution in [0.4, 0.5) is 5.69 Å². The minimum Gasteiger partial charge on any atom is -0.465 e. The van der Waals surface area contributed by atoms with Gasteiger partial charge in [0.2, 0.25) is 0 Å². The molecule has 3 rings (SSSR count). The van der Waals surface area contributed by atoms with Gasteiger partial charge in [-0.3, -0.25) is 9.69 Å². The van der Waals surface area contributed by atoms with Crippen molar-refractivity contribution in [2.75, 3.05) is 44.7 Å². The molecule has 6 nitrogen and oxygen atoms in total. The number of ketones is 1. The Bertz CT molecular complexity index is 854. The maximum Gasteiger partial charge on any atom is 0.339 e. The number of ether oxygens (including phenoxy) is 1. The lowest BCUT2D eigenvalue weighted by atomic mass is 10.1. The molecule has 144 valence electrons. The van der Waals surface area contributed by atoms with Gasteiger partial charge in [0.1, 0.15) is 0 Å². The lowest BCUT2D eigenvalue weighted by Gasteiger charge is -2.36. The number of aromatic amines is 1. The highest BCUT2D eigenvalue weighted by Crippen LogP contribution is 2.26. The quantitative estimate of drug-likeness (QED) is 0.628. The predicted molar refractivity (Wildman–Crippen MR) is 106 cm³/mol. The van der Waals surface area contributed by atoms with Crippen LogP contribution in [0.5, 0.6) is 0 Å². The molecule has 0 spiro atoms. The first-order valence-electron chi connectivity index (χ1n) is 8.95. The first-order chi connectivity index (χ1) is 12.9. The highest BCUT2D eigenvalue weighted by Gasteiger charge is 2.25. The van der Waals surface area contributed by atoms with Crippen molar-refractivity contribution in [2.45, 2.75) is 13.8 Å². The number of Topliss-reactive ketones (excluding diaryl/α,β-unsaturated/α-hetero) is 1. The van der Waals surface area contributed by atoms with Crippen LogP contribution >= 0.6 is 11.6 Å². The van der Waals surface area contributed by atoms with Crippen LogP contribution in [0.2, 0.25) is 5.02 Å². The van der Waals surface area contributed by atoms with Crippen LogP contribution in [0.15, 0.2) is 24.3 Å². The minimum absolute atomic E-state index is 0.0167. The number of benzene rings is 1. The van der Waals surface area contributed by atoms with Crippen LogP contribution in [-0.4, -0.2) is 61.5 Å². The van der Waals surface area contributed by atoms with Gasteiger partial charge in [0.25, 0.3) is 0 Å². The Hall–Kier alpha value is -2.31. The maximum atomic E-state index is 12.8. The fourth-order valence-corrected chi connectivity index (χ4v) is 3.83. The number of rotatable bonds is 5. The third-order valence-corrected chi connectivity index (χ3v) is 5.36. The van der Waals surface area contributed by atoms with Gasteiger partial charge in [0, 0.05) is 31.9 Å². The van der Waals surface area contributed by atoms with Crippen LogP contribution in [0.25, 0.3) is 0 Å². The van der Waals surface area contributed by atoms with Crippen molar-refractivity contribution in [2.24, 2.45) is 0 Å². The molecule has 7 heteroatoms. The zero-order valence-electron chi connectivity index (χ0n) is 15.8. The molecular weight excluding hydrogens is 366 g/mol. The molecule has 1 saturated heterocycles. The van der Waals surface area contributed by atoms with Gasteiger partial charge in [0.15, 0.2) is 5.78 Å². The second kappa shape index (κ2) is 8.15. The molecule has 1 N–H and O–H groups in total. The van der Waals surface area contributed by atoms with E-state index in [1.807, 2.05) is 24.3 Å². The summed E-state index contributed by atoms with van der Waals surface area (Å²) in [7, 11) is 1.34. The number of halogens is 1. The van der Waals surface area contributed by atoms with Gasteiger partial charge in [-0.1, -0.05) is 23.7 Å². The Morgan fingerprint density at radius 2 is 1.81 bits per heavy atom. The van der Waals surface area contributed by atoms with E-state index in [0.29, 0.717) is 29.1 Å². The number of esters is 1. The lowest BCUT2D eigenvalue weighted by Crippen LogP contribution is -2.48. The summed E-state index contributed by atoms with van der Waals surface area (Å²) in [6, 6.07) is 7.81. The second-order valence-electron chi connectivity index (χ2n) is 6.75. The van der Waals surface area contributed by atoms with E-state index in [-0.39, 0.29) is 5.78 Å². The third kappa shape index (κ3) is 4.01. The smallest absolute Gasteiger partial charge is 0.339 e. The molecule has 0 radical (unpaired) electrons. The van der Waals surface area contributed by atoms with Crippen molar-refractivity contribution in [3.8, 4) is 0 Å². The van der Waals surface area contributed by atoms with Gasteiger partial charge < -0.3 is 14.6 Å². The van der Waals surface area contributed by atoms with Gasteiger partial charge in [0.05, 0.1) is 35.6 Å². The van der Waals surface area contributed by atoms with Crippen molar-refractivity contribution < 1.29 is 14.3 Å². The highest BCUT2D eigenvalue weighted by atomic mass is 35.5. The van der Waals surface area contributed by atoms with Gasteiger partial charge >= 0.3 is 5.97 Å². The SMILES string of the molecule is COC(=O)c1c(C)[nH]c(C(=O)CN2CCN(c3ccccc3Cl)CC2)c1C. The van der Waals surface area contributed by atoms with E-state index >= 15 is 0 Å². The number of para-hydroxylation sites is 1. The monoisotopic (exact) mass is 389 g/mol. The zero-order valence-corrected chi connectivity index (χ0v) is 16.6. The number of piperazine rings is 1. The number of anilines is 1. The average Bonchev–Trinajstić information content (AvgIpc) is 2.97. The largest absolute Gasteiger partial charge is 0.465 e. The molecule has 1 fully saturated rings. The Balaban J connectivity index is 1.64. The molecule has 2 heterocycles. The fraction of sp³-hybridized carbons (Fsp3) is 0.400. The van der Waals surface area contributed by atoms with Crippen molar-refractivity contribution in [1.29, 1.82) is 0 Å². The number of carbonyl (C=O) groups excluding carboxylic acids is 2. The summed E-state index contributed by atoms with van der Waals surface area (Å²) in [6.07, 6.45) is 0. The third-order valence-electron chi connectivity index (χ3n) is 5.04. The van der Waals surface area contributed by atoms with Gasteiger partial charge in [-0.2, -0.15) is 0 Å². The van der Waals surface area contributed by atoms with Gasteiger partial charge in [-0.05, 0) is 31.5 Å². The summed E-state index contributed by atoms with van der Waals surface area (Å²) >= 11 is 6.28. The van der Waals surface area contributed by atoms with E-state index in [1.165, 1.54) is 7.11 Å². The number of methoxy groups -OCH3 is 1. The molecule has 1 aliphatic rings. The minimum atomic E-state index is -0.423. The van der Waals surface area contributed by atoms with Crippen LogP contribution < -0.4 is 4.90 Å². The summed E-state index contributed by atoms with van der Waals surface area (Å²) in [5.41, 5.74) is 3.28. The van der Waals surface area contributed by atoms with Crippen LogP contribution in [0.3, 0.4) is 0 Å². The summed E-state index contributed by atoms with van der Waals surface area (Å²) < 4.78 is 4.81. The molecule has 0 amide bonds. The number of aryl methyl sites for hydroxylation is 1. The number of hydrogen-bond acceptors (Lipinski definition) is 5. The fourth-order valence-electron chi connectivity index (χ4n) is 3.57. The second-order valence-corrected chi connectivity index (χ2v) is 7.16. The van der Waals surface area contributed by atoms with Crippen LogP contribution in [0.1, 0.15) is 32.1 Å². The number of aromatic nitrogens is 1. The first kappa shape index (κ1) is 19.5. The normalized spacial score (nSPS) is 15.0. The molecule has 0 atom stereocenters.